The molecule has 4 rings (SSSR count). The number of benzene rings is 1. The number of nitrogens with zero attached hydrogens (tertiary/aromatic N) is 4. The summed E-state index contributed by atoms with van der Waals surface area (Å²) in [5.74, 6) is 0.118. The van der Waals surface area contributed by atoms with Crippen LogP contribution in [-0.4, -0.2) is 21.3 Å². The molecule has 0 fully saturated rings. The van der Waals surface area contributed by atoms with E-state index in [2.05, 4.69) is 20.9 Å². The fourth-order valence-corrected chi connectivity index (χ4v) is 2.88. The van der Waals surface area contributed by atoms with Crippen LogP contribution in [0, 0.1) is 17.1 Å². The number of halogens is 1. The Labute approximate surface area is 159 Å². The Morgan fingerprint density at radius 3 is 3.04 bits per heavy atom. The van der Waals surface area contributed by atoms with Crippen LogP contribution in [0.3, 0.4) is 0 Å². The van der Waals surface area contributed by atoms with Gasteiger partial charge in [-0.05, 0) is 29.8 Å². The summed E-state index contributed by atoms with van der Waals surface area (Å²) < 4.78 is 21.2. The summed E-state index contributed by atoms with van der Waals surface area (Å²) in [4.78, 5) is 9.80. The number of rotatable bonds is 6. The van der Waals surface area contributed by atoms with E-state index in [1.807, 2.05) is 6.07 Å². The summed E-state index contributed by atoms with van der Waals surface area (Å²) in [6.45, 7) is 0.315. The molecule has 0 spiro atoms. The van der Waals surface area contributed by atoms with Gasteiger partial charge in [-0.2, -0.15) is 5.26 Å². The first kappa shape index (κ1) is 17.5. The van der Waals surface area contributed by atoms with Gasteiger partial charge >= 0.3 is 0 Å². The third kappa shape index (κ3) is 3.36. The largest absolute Gasteiger partial charge is 0.364 e. The first-order valence-electron chi connectivity index (χ1n) is 8.36. The molecule has 9 heteroatoms. The Kier molecular flexibility index (Phi) is 4.62. The highest BCUT2D eigenvalue weighted by molar-refractivity contribution is 5.49. The lowest BCUT2D eigenvalue weighted by molar-refractivity contribution is -0.0321. The van der Waals surface area contributed by atoms with Crippen molar-refractivity contribution in [3.8, 4) is 11.8 Å². The normalized spacial score (nSPS) is 18.3. The van der Waals surface area contributed by atoms with Crippen molar-refractivity contribution in [2.45, 2.75) is 5.60 Å². The number of allylic oxidation sites excluding steroid dienone is 1. The molecular weight excluding hydrogens is 363 g/mol. The van der Waals surface area contributed by atoms with Gasteiger partial charge in [0, 0.05) is 24.5 Å². The van der Waals surface area contributed by atoms with Crippen LogP contribution in [0.2, 0.25) is 0 Å². The number of hydrogen-bond acceptors (Lipinski definition) is 7. The minimum atomic E-state index is -0.909. The van der Waals surface area contributed by atoms with Crippen LogP contribution in [0.5, 0.6) is 0 Å². The highest BCUT2D eigenvalue weighted by atomic mass is 19.1. The predicted octanol–water partition coefficient (Wildman–Crippen LogP) is 2.89. The molecule has 1 aliphatic rings. The van der Waals surface area contributed by atoms with E-state index in [0.717, 1.165) is 0 Å². The van der Waals surface area contributed by atoms with E-state index in [1.165, 1.54) is 24.7 Å². The van der Waals surface area contributed by atoms with Gasteiger partial charge in [-0.1, -0.05) is 11.2 Å². The summed E-state index contributed by atoms with van der Waals surface area (Å²) in [5, 5.41) is 15.5. The van der Waals surface area contributed by atoms with Gasteiger partial charge in [0.1, 0.15) is 12.1 Å². The van der Waals surface area contributed by atoms with Crippen LogP contribution in [0.15, 0.2) is 65.9 Å². The standard InChI is InChI=1S/C19H15FN6O2/c20-16-10-14(3-4-17(16)26-11-15(23-13-26)2-1-7-21)19(6-8-24-28-19)12-22-18-5-9-27-25-18/h1-6,8-11,13,24H,12H2,(H,22,25). The van der Waals surface area contributed by atoms with Crippen LogP contribution in [0.4, 0.5) is 10.2 Å². The molecule has 0 aliphatic carbocycles. The minimum Gasteiger partial charge on any atom is -0.364 e. The zero-order valence-electron chi connectivity index (χ0n) is 14.5. The second kappa shape index (κ2) is 7.38. The van der Waals surface area contributed by atoms with Gasteiger partial charge in [0.25, 0.3) is 0 Å². The monoisotopic (exact) mass is 378 g/mol. The van der Waals surface area contributed by atoms with E-state index < -0.39 is 11.4 Å². The second-order valence-electron chi connectivity index (χ2n) is 6.02. The Morgan fingerprint density at radius 1 is 1.39 bits per heavy atom. The van der Waals surface area contributed by atoms with Gasteiger partial charge in [-0.3, -0.25) is 10.3 Å². The van der Waals surface area contributed by atoms with Gasteiger partial charge in [0.15, 0.2) is 11.4 Å². The average Bonchev–Trinajstić information content (AvgIpc) is 3.47. The number of hydrogen-bond donors (Lipinski definition) is 2. The molecule has 28 heavy (non-hydrogen) atoms. The molecule has 3 heterocycles. The number of anilines is 1. The maximum absolute atomic E-state index is 14.9. The molecule has 1 aliphatic heterocycles. The van der Waals surface area contributed by atoms with E-state index in [0.29, 0.717) is 29.3 Å². The maximum atomic E-state index is 14.9. The zero-order valence-corrected chi connectivity index (χ0v) is 14.5. The highest BCUT2D eigenvalue weighted by Crippen LogP contribution is 2.32. The molecule has 3 aromatic rings. The van der Waals surface area contributed by atoms with Crippen LogP contribution in [0.25, 0.3) is 11.8 Å². The number of aromatic nitrogens is 3. The highest BCUT2D eigenvalue weighted by Gasteiger charge is 2.35. The van der Waals surface area contributed by atoms with Crippen LogP contribution in [-0.2, 0) is 10.4 Å². The van der Waals surface area contributed by atoms with Crippen molar-refractivity contribution in [3.05, 3.63) is 78.5 Å². The summed E-state index contributed by atoms with van der Waals surface area (Å²) >= 11 is 0. The van der Waals surface area contributed by atoms with Gasteiger partial charge < -0.3 is 14.4 Å². The lowest BCUT2D eigenvalue weighted by Crippen LogP contribution is -2.35. The lowest BCUT2D eigenvalue weighted by atomic mass is 9.93. The van der Waals surface area contributed by atoms with Crippen molar-refractivity contribution in [2.24, 2.45) is 0 Å². The second-order valence-corrected chi connectivity index (χ2v) is 6.02. The topological polar surface area (TPSA) is 101 Å². The van der Waals surface area contributed by atoms with Crippen molar-refractivity contribution >= 4 is 11.9 Å². The van der Waals surface area contributed by atoms with E-state index >= 15 is 0 Å². The van der Waals surface area contributed by atoms with Crippen molar-refractivity contribution < 1.29 is 13.8 Å². The third-order valence-electron chi connectivity index (χ3n) is 4.28. The lowest BCUT2D eigenvalue weighted by Gasteiger charge is -2.27. The Balaban J connectivity index is 1.60. The number of imidazole rings is 1. The minimum absolute atomic E-state index is 0.315. The van der Waals surface area contributed by atoms with Crippen LogP contribution < -0.4 is 10.8 Å². The first-order valence-corrected chi connectivity index (χ1v) is 8.36. The molecule has 0 amide bonds. The van der Waals surface area contributed by atoms with Crippen molar-refractivity contribution in [2.75, 3.05) is 11.9 Å². The molecule has 0 bridgehead atoms. The number of nitriles is 1. The summed E-state index contributed by atoms with van der Waals surface area (Å²) in [5.41, 5.74) is 3.30. The summed E-state index contributed by atoms with van der Waals surface area (Å²) in [6.07, 6.45) is 10.9. The molecule has 1 atom stereocenters. The zero-order chi connectivity index (χ0) is 19.4. The van der Waals surface area contributed by atoms with Crippen molar-refractivity contribution in [3.63, 3.8) is 0 Å². The number of hydroxylamine groups is 1. The maximum Gasteiger partial charge on any atom is 0.169 e. The van der Waals surface area contributed by atoms with E-state index in [9.17, 15) is 4.39 Å². The Hall–Kier alpha value is -3.90. The fourth-order valence-electron chi connectivity index (χ4n) is 2.88. The predicted molar refractivity (Wildman–Crippen MR) is 98.2 cm³/mol. The van der Waals surface area contributed by atoms with Gasteiger partial charge in [-0.25, -0.2) is 9.37 Å². The molecular formula is C19H15FN6O2. The third-order valence-corrected chi connectivity index (χ3v) is 4.28. The van der Waals surface area contributed by atoms with Crippen LogP contribution >= 0.6 is 0 Å². The molecule has 0 saturated heterocycles. The van der Waals surface area contributed by atoms with Crippen molar-refractivity contribution in [1.82, 2.24) is 20.2 Å². The van der Waals surface area contributed by atoms with E-state index in [-0.39, 0.29) is 0 Å². The summed E-state index contributed by atoms with van der Waals surface area (Å²) in [6, 6.07) is 8.43. The average molecular weight is 378 g/mol. The van der Waals surface area contributed by atoms with Crippen LogP contribution in [0.1, 0.15) is 11.3 Å². The molecule has 0 saturated carbocycles. The van der Waals surface area contributed by atoms with Gasteiger partial charge in [-0.15, -0.1) is 0 Å². The molecule has 140 valence electrons. The van der Waals surface area contributed by atoms with E-state index in [1.54, 1.807) is 47.3 Å². The molecule has 2 N–H and O–H groups in total. The molecule has 1 unspecified atom stereocenters. The fraction of sp³-hybridized carbons (Fsp3) is 0.105. The van der Waals surface area contributed by atoms with Crippen molar-refractivity contribution in [1.29, 1.82) is 5.26 Å². The molecule has 0 radical (unpaired) electrons. The molecule has 2 aromatic heterocycles. The van der Waals surface area contributed by atoms with Gasteiger partial charge in [0.05, 0.1) is 30.3 Å². The number of nitrogens with one attached hydrogen (secondary N) is 2. The van der Waals surface area contributed by atoms with Gasteiger partial charge in [0.2, 0.25) is 0 Å². The molecule has 1 aromatic carbocycles. The Morgan fingerprint density at radius 2 is 2.32 bits per heavy atom. The summed E-state index contributed by atoms with van der Waals surface area (Å²) in [7, 11) is 0. The van der Waals surface area contributed by atoms with E-state index in [4.69, 9.17) is 14.6 Å². The quantitative estimate of drug-likeness (QED) is 0.636. The smallest absolute Gasteiger partial charge is 0.169 e. The first-order chi connectivity index (χ1) is 13.7. The Bertz CT molecular complexity index is 1070. The SMILES string of the molecule is N#CC=Cc1cn(-c2ccc(C3(CNc4ccon4)C=CNO3)cc2F)cn1. The molecule has 8 nitrogen and oxygen atoms in total.